The van der Waals surface area contributed by atoms with Crippen LogP contribution in [0.15, 0.2) is 12.3 Å². The Morgan fingerprint density at radius 1 is 1.77 bits per heavy atom. The molecule has 1 N–H and O–H groups in total. The number of hydrogen-bond acceptors (Lipinski definition) is 5. The van der Waals surface area contributed by atoms with Gasteiger partial charge in [-0.1, -0.05) is 0 Å². The van der Waals surface area contributed by atoms with Gasteiger partial charge in [-0.05, 0) is 0 Å². The molecule has 0 amide bonds. The molecule has 6 nitrogen and oxygen atoms in total. The first-order valence-corrected chi connectivity index (χ1v) is 3.35. The number of hydrogen-bond donors (Lipinski definition) is 1. The second-order valence-electron chi connectivity index (χ2n) is 2.22. The highest BCUT2D eigenvalue weighted by Crippen LogP contribution is 2.27. The molecule has 1 heterocycles. The summed E-state index contributed by atoms with van der Waals surface area (Å²) in [4.78, 5) is 13.2. The number of pyridine rings is 1. The maximum atomic E-state index is 10.3. The summed E-state index contributed by atoms with van der Waals surface area (Å²) in [6, 6.07) is 2.83. The minimum Gasteiger partial charge on any atom is -0.501 e. The van der Waals surface area contributed by atoms with E-state index in [1.807, 2.05) is 0 Å². The number of nitrogens with zero attached hydrogens (tertiary/aromatic N) is 3. The highest BCUT2D eigenvalue weighted by atomic mass is 16.6. The summed E-state index contributed by atoms with van der Waals surface area (Å²) >= 11 is 0. The molecule has 0 aromatic carbocycles. The summed E-state index contributed by atoms with van der Waals surface area (Å²) in [5.74, 6) is -0.533. The number of aromatic nitrogens is 1. The third-order valence-corrected chi connectivity index (χ3v) is 1.42. The summed E-state index contributed by atoms with van der Waals surface area (Å²) < 4.78 is 0. The average molecular weight is 179 g/mol. The molecule has 0 radical (unpaired) electrons. The smallest absolute Gasteiger partial charge is 0.314 e. The first-order chi connectivity index (χ1) is 6.16. The van der Waals surface area contributed by atoms with Gasteiger partial charge in [-0.2, -0.15) is 5.26 Å². The van der Waals surface area contributed by atoms with Crippen molar-refractivity contribution in [2.45, 2.75) is 6.42 Å². The lowest BCUT2D eigenvalue weighted by atomic mass is 10.2. The molecule has 0 spiro atoms. The van der Waals surface area contributed by atoms with E-state index in [0.29, 0.717) is 0 Å². The van der Waals surface area contributed by atoms with Crippen molar-refractivity contribution in [3.63, 3.8) is 0 Å². The van der Waals surface area contributed by atoms with Crippen LogP contribution >= 0.6 is 0 Å². The zero-order valence-corrected chi connectivity index (χ0v) is 6.47. The van der Waals surface area contributed by atoms with Gasteiger partial charge in [0.2, 0.25) is 5.75 Å². The Kier molecular flexibility index (Phi) is 2.40. The molecule has 66 valence electrons. The first-order valence-electron chi connectivity index (χ1n) is 3.35. The van der Waals surface area contributed by atoms with Gasteiger partial charge in [0.05, 0.1) is 17.4 Å². The predicted octanol–water partition coefficient (Wildman–Crippen LogP) is 0.761. The molecule has 0 unspecified atom stereocenters. The van der Waals surface area contributed by atoms with Crippen LogP contribution in [0.1, 0.15) is 5.69 Å². The van der Waals surface area contributed by atoms with Crippen LogP contribution in [0.5, 0.6) is 5.75 Å². The standard InChI is InChI=1S/C7H5N3O3/c8-3-1-5-7(11)6(10(12)13)2-4-9-5/h2,4,11H,1H2. The van der Waals surface area contributed by atoms with Crippen LogP contribution in [0, 0.1) is 21.4 Å². The Morgan fingerprint density at radius 2 is 2.46 bits per heavy atom. The highest BCUT2D eigenvalue weighted by Gasteiger charge is 2.16. The van der Waals surface area contributed by atoms with Crippen LogP contribution in [-0.4, -0.2) is 15.0 Å². The van der Waals surface area contributed by atoms with Gasteiger partial charge in [0.25, 0.3) is 0 Å². The van der Waals surface area contributed by atoms with E-state index in [1.165, 1.54) is 6.20 Å². The maximum Gasteiger partial charge on any atom is 0.314 e. The largest absolute Gasteiger partial charge is 0.501 e. The zero-order chi connectivity index (χ0) is 9.84. The Bertz CT molecular complexity index is 383. The molecule has 0 saturated heterocycles. The predicted molar refractivity (Wildman–Crippen MR) is 41.9 cm³/mol. The van der Waals surface area contributed by atoms with Gasteiger partial charge in [-0.25, -0.2) is 0 Å². The van der Waals surface area contributed by atoms with Crippen LogP contribution in [0.3, 0.4) is 0 Å². The summed E-state index contributed by atoms with van der Waals surface area (Å²) in [7, 11) is 0. The minimum absolute atomic E-state index is 0.0247. The lowest BCUT2D eigenvalue weighted by molar-refractivity contribution is -0.386. The first kappa shape index (κ1) is 8.93. The van der Waals surface area contributed by atoms with Crippen LogP contribution in [-0.2, 0) is 6.42 Å². The Hall–Kier alpha value is -2.16. The molecule has 0 aliphatic rings. The molecule has 13 heavy (non-hydrogen) atoms. The molecular weight excluding hydrogens is 174 g/mol. The monoisotopic (exact) mass is 179 g/mol. The molecule has 0 bridgehead atoms. The van der Waals surface area contributed by atoms with Gasteiger partial charge in [-0.3, -0.25) is 15.1 Å². The Morgan fingerprint density at radius 3 is 3.00 bits per heavy atom. The van der Waals surface area contributed by atoms with Crippen LogP contribution < -0.4 is 0 Å². The van der Waals surface area contributed by atoms with Crippen molar-refractivity contribution in [2.75, 3.05) is 0 Å². The fourth-order valence-corrected chi connectivity index (χ4v) is 0.837. The molecule has 1 rings (SSSR count). The Labute approximate surface area is 73.2 Å². The van der Waals surface area contributed by atoms with Crippen molar-refractivity contribution in [1.29, 1.82) is 5.26 Å². The third-order valence-electron chi connectivity index (χ3n) is 1.42. The van der Waals surface area contributed by atoms with Crippen LogP contribution in [0.25, 0.3) is 0 Å². The van der Waals surface area contributed by atoms with E-state index < -0.39 is 16.4 Å². The van der Waals surface area contributed by atoms with E-state index in [9.17, 15) is 15.2 Å². The lowest BCUT2D eigenvalue weighted by Crippen LogP contribution is -1.94. The van der Waals surface area contributed by atoms with Crippen molar-refractivity contribution in [2.24, 2.45) is 0 Å². The fourth-order valence-electron chi connectivity index (χ4n) is 0.837. The number of aromatic hydroxyl groups is 1. The van der Waals surface area contributed by atoms with Crippen LogP contribution in [0.4, 0.5) is 5.69 Å². The summed E-state index contributed by atoms with van der Waals surface area (Å²) in [6.45, 7) is 0. The van der Waals surface area contributed by atoms with Crippen molar-refractivity contribution in [3.8, 4) is 11.8 Å². The molecular formula is C7H5N3O3. The van der Waals surface area contributed by atoms with E-state index in [2.05, 4.69) is 4.98 Å². The van der Waals surface area contributed by atoms with E-state index >= 15 is 0 Å². The highest BCUT2D eigenvalue weighted by molar-refractivity contribution is 5.47. The van der Waals surface area contributed by atoms with Gasteiger partial charge >= 0.3 is 5.69 Å². The topological polar surface area (TPSA) is 100 Å². The number of nitriles is 1. The van der Waals surface area contributed by atoms with E-state index in [0.717, 1.165) is 6.07 Å². The molecule has 0 fully saturated rings. The van der Waals surface area contributed by atoms with E-state index in [1.54, 1.807) is 6.07 Å². The normalized spacial score (nSPS) is 9.15. The second kappa shape index (κ2) is 3.49. The van der Waals surface area contributed by atoms with Crippen molar-refractivity contribution in [1.82, 2.24) is 4.98 Å². The maximum absolute atomic E-state index is 10.3. The average Bonchev–Trinajstić information content (AvgIpc) is 2.08. The van der Waals surface area contributed by atoms with Gasteiger partial charge < -0.3 is 5.11 Å². The fraction of sp³-hybridized carbons (Fsp3) is 0.143. The third kappa shape index (κ3) is 1.70. The van der Waals surface area contributed by atoms with E-state index in [-0.39, 0.29) is 12.1 Å². The molecule has 1 aromatic rings. The van der Waals surface area contributed by atoms with Gasteiger partial charge in [0.1, 0.15) is 5.69 Å². The Balaban J connectivity index is 3.20. The number of rotatable bonds is 2. The van der Waals surface area contributed by atoms with Crippen LogP contribution in [0.2, 0.25) is 0 Å². The second-order valence-corrected chi connectivity index (χ2v) is 2.22. The molecule has 6 heteroatoms. The summed E-state index contributed by atoms with van der Waals surface area (Å²) in [5.41, 5.74) is -0.406. The van der Waals surface area contributed by atoms with Gasteiger partial charge in [0.15, 0.2) is 0 Å². The van der Waals surface area contributed by atoms with E-state index in [4.69, 9.17) is 5.26 Å². The lowest BCUT2D eigenvalue weighted by Gasteiger charge is -1.98. The van der Waals surface area contributed by atoms with Crippen molar-refractivity contribution in [3.05, 3.63) is 28.1 Å². The van der Waals surface area contributed by atoms with Gasteiger partial charge in [-0.15, -0.1) is 0 Å². The SMILES string of the molecule is N#CCc1nccc([N+](=O)[O-])c1O. The summed E-state index contributed by atoms with van der Waals surface area (Å²) in [5, 5.41) is 27.9. The molecule has 0 saturated carbocycles. The molecule has 0 aliphatic heterocycles. The molecule has 1 aromatic heterocycles. The quantitative estimate of drug-likeness (QED) is 0.533. The van der Waals surface area contributed by atoms with Crippen molar-refractivity contribution < 1.29 is 10.0 Å². The number of nitro groups is 1. The van der Waals surface area contributed by atoms with Crippen molar-refractivity contribution >= 4 is 5.69 Å². The summed E-state index contributed by atoms with van der Waals surface area (Å²) in [6.07, 6.45) is 1.04. The zero-order valence-electron chi connectivity index (χ0n) is 6.47. The minimum atomic E-state index is -0.724. The van der Waals surface area contributed by atoms with Gasteiger partial charge in [0, 0.05) is 12.3 Å². The molecule has 0 aliphatic carbocycles. The molecule has 0 atom stereocenters.